The zero-order chi connectivity index (χ0) is 11.8. The van der Waals surface area contributed by atoms with Gasteiger partial charge in [-0.3, -0.25) is 4.79 Å². The van der Waals surface area contributed by atoms with Crippen LogP contribution < -0.4 is 0 Å². The number of likely N-dealkylation sites (tertiary alicyclic amines) is 1. The fourth-order valence-corrected chi connectivity index (χ4v) is 2.67. The van der Waals surface area contributed by atoms with E-state index in [9.17, 15) is 4.79 Å². The minimum Gasteiger partial charge on any atom is -0.459 e. The molecule has 5 heteroatoms. The average Bonchev–Trinajstić information content (AvgIpc) is 2.94. The molecular weight excluding hydrogens is 220 g/mol. The smallest absolute Gasteiger partial charge is 0.290 e. The number of ether oxygens (including phenoxy) is 1. The van der Waals surface area contributed by atoms with Gasteiger partial charge in [0.2, 0.25) is 0 Å². The molecule has 0 saturated carbocycles. The van der Waals surface area contributed by atoms with Crippen LogP contribution in [-0.2, 0) is 4.74 Å². The largest absolute Gasteiger partial charge is 0.459 e. The summed E-state index contributed by atoms with van der Waals surface area (Å²) >= 11 is 0. The maximum absolute atomic E-state index is 12.3. The number of amides is 1. The normalized spacial score (nSPS) is 29.4. The fourth-order valence-electron chi connectivity index (χ4n) is 2.67. The second-order valence-corrected chi connectivity index (χ2v) is 4.67. The maximum Gasteiger partial charge on any atom is 0.290 e. The van der Waals surface area contributed by atoms with Crippen LogP contribution in [0.4, 0.5) is 0 Å². The molecule has 2 atom stereocenters. The van der Waals surface area contributed by atoms with Gasteiger partial charge in [0, 0.05) is 19.6 Å². The molecule has 2 aliphatic rings. The first-order valence-electron chi connectivity index (χ1n) is 5.90. The molecule has 5 nitrogen and oxygen atoms in total. The van der Waals surface area contributed by atoms with Crippen LogP contribution >= 0.6 is 0 Å². The van der Waals surface area contributed by atoms with E-state index in [1.54, 1.807) is 12.1 Å². The number of likely N-dealkylation sites (N-methyl/N-ethyl adjacent to an activating group) is 1. The van der Waals surface area contributed by atoms with Crippen molar-refractivity contribution in [1.82, 2.24) is 9.80 Å². The number of furan rings is 1. The second kappa shape index (κ2) is 4.16. The summed E-state index contributed by atoms with van der Waals surface area (Å²) in [7, 11) is 2.05. The summed E-state index contributed by atoms with van der Waals surface area (Å²) in [5.41, 5.74) is 0. The molecule has 0 aromatic carbocycles. The van der Waals surface area contributed by atoms with Gasteiger partial charge in [-0.25, -0.2) is 0 Å². The van der Waals surface area contributed by atoms with E-state index in [-0.39, 0.29) is 18.1 Å². The van der Waals surface area contributed by atoms with E-state index in [2.05, 4.69) is 11.9 Å². The highest BCUT2D eigenvalue weighted by atomic mass is 16.5. The molecule has 92 valence electrons. The highest BCUT2D eigenvalue weighted by Gasteiger charge is 2.41. The molecule has 0 bridgehead atoms. The third kappa shape index (κ3) is 1.85. The van der Waals surface area contributed by atoms with Gasteiger partial charge in [0.15, 0.2) is 5.76 Å². The SMILES string of the molecule is CN1C[C@@H]2OCCN(C(=O)c3ccco3)[C@@H]2C1. The molecule has 3 heterocycles. The Morgan fingerprint density at radius 3 is 3.12 bits per heavy atom. The first-order chi connectivity index (χ1) is 8.25. The van der Waals surface area contributed by atoms with Crippen LogP contribution in [0.5, 0.6) is 0 Å². The lowest BCUT2D eigenvalue weighted by molar-refractivity contribution is -0.0378. The number of carbonyl (C=O) groups excluding carboxylic acids is 1. The van der Waals surface area contributed by atoms with E-state index >= 15 is 0 Å². The van der Waals surface area contributed by atoms with E-state index in [1.807, 2.05) is 4.90 Å². The lowest BCUT2D eigenvalue weighted by Crippen LogP contribution is -2.53. The van der Waals surface area contributed by atoms with Crippen molar-refractivity contribution in [2.75, 3.05) is 33.3 Å². The Bertz CT molecular complexity index is 404. The van der Waals surface area contributed by atoms with E-state index in [0.717, 1.165) is 13.1 Å². The molecule has 0 N–H and O–H groups in total. The molecule has 3 rings (SSSR count). The van der Waals surface area contributed by atoms with Gasteiger partial charge in [0.25, 0.3) is 5.91 Å². The number of carbonyl (C=O) groups is 1. The zero-order valence-electron chi connectivity index (χ0n) is 9.83. The fraction of sp³-hybridized carbons (Fsp3) is 0.583. The van der Waals surface area contributed by atoms with Crippen molar-refractivity contribution in [3.05, 3.63) is 24.2 Å². The van der Waals surface area contributed by atoms with Gasteiger partial charge in [-0.05, 0) is 19.2 Å². The van der Waals surface area contributed by atoms with Crippen molar-refractivity contribution in [1.29, 1.82) is 0 Å². The van der Waals surface area contributed by atoms with Crippen molar-refractivity contribution in [3.63, 3.8) is 0 Å². The summed E-state index contributed by atoms with van der Waals surface area (Å²) in [6.45, 7) is 3.03. The zero-order valence-corrected chi connectivity index (χ0v) is 9.83. The number of nitrogens with zero attached hydrogens (tertiary/aromatic N) is 2. The Labute approximate surface area is 99.9 Å². The van der Waals surface area contributed by atoms with E-state index in [0.29, 0.717) is 18.9 Å². The Morgan fingerprint density at radius 1 is 1.47 bits per heavy atom. The number of hydrogen-bond acceptors (Lipinski definition) is 4. The third-order valence-corrected chi connectivity index (χ3v) is 3.48. The predicted octanol–water partition coefficient (Wildman–Crippen LogP) is 0.435. The van der Waals surface area contributed by atoms with Gasteiger partial charge >= 0.3 is 0 Å². The second-order valence-electron chi connectivity index (χ2n) is 4.67. The highest BCUT2D eigenvalue weighted by molar-refractivity contribution is 5.91. The molecule has 0 unspecified atom stereocenters. The average molecular weight is 236 g/mol. The summed E-state index contributed by atoms with van der Waals surface area (Å²) in [6.07, 6.45) is 1.68. The van der Waals surface area contributed by atoms with Crippen molar-refractivity contribution in [3.8, 4) is 0 Å². The molecule has 17 heavy (non-hydrogen) atoms. The molecule has 0 radical (unpaired) electrons. The first kappa shape index (κ1) is 10.8. The first-order valence-corrected chi connectivity index (χ1v) is 5.90. The highest BCUT2D eigenvalue weighted by Crippen LogP contribution is 2.23. The minimum absolute atomic E-state index is 0.0244. The Hall–Kier alpha value is -1.33. The van der Waals surface area contributed by atoms with E-state index in [4.69, 9.17) is 9.15 Å². The van der Waals surface area contributed by atoms with Crippen LogP contribution in [0.15, 0.2) is 22.8 Å². The Balaban J connectivity index is 1.80. The van der Waals surface area contributed by atoms with Crippen LogP contribution in [0.3, 0.4) is 0 Å². The van der Waals surface area contributed by atoms with E-state index in [1.165, 1.54) is 6.26 Å². The number of morpholine rings is 1. The predicted molar refractivity (Wildman–Crippen MR) is 60.8 cm³/mol. The van der Waals surface area contributed by atoms with Gasteiger partial charge in [-0.2, -0.15) is 0 Å². The van der Waals surface area contributed by atoms with Gasteiger partial charge in [0.05, 0.1) is 25.0 Å². The summed E-state index contributed by atoms with van der Waals surface area (Å²) in [5, 5.41) is 0. The van der Waals surface area contributed by atoms with Crippen molar-refractivity contribution in [2.24, 2.45) is 0 Å². The van der Waals surface area contributed by atoms with Gasteiger partial charge < -0.3 is 19.0 Å². The molecule has 2 fully saturated rings. The lowest BCUT2D eigenvalue weighted by atomic mass is 10.1. The van der Waals surface area contributed by atoms with Gasteiger partial charge in [-0.15, -0.1) is 0 Å². The topological polar surface area (TPSA) is 45.9 Å². The molecule has 2 aliphatic heterocycles. The summed E-state index contributed by atoms with van der Waals surface area (Å²) in [6, 6.07) is 3.61. The maximum atomic E-state index is 12.3. The van der Waals surface area contributed by atoms with Crippen molar-refractivity contribution < 1.29 is 13.9 Å². The molecule has 1 aromatic rings. The number of rotatable bonds is 1. The molecule has 0 spiro atoms. The molecule has 1 aromatic heterocycles. The minimum atomic E-state index is -0.0244. The lowest BCUT2D eigenvalue weighted by Gasteiger charge is -2.36. The third-order valence-electron chi connectivity index (χ3n) is 3.48. The summed E-state index contributed by atoms with van der Waals surface area (Å²) < 4.78 is 10.9. The van der Waals surface area contributed by atoms with Gasteiger partial charge in [0.1, 0.15) is 0 Å². The van der Waals surface area contributed by atoms with Crippen LogP contribution in [0.2, 0.25) is 0 Å². The van der Waals surface area contributed by atoms with Crippen molar-refractivity contribution >= 4 is 5.91 Å². The Kier molecular flexibility index (Phi) is 2.64. The summed E-state index contributed by atoms with van der Waals surface area (Å²) in [5.74, 6) is 0.392. The van der Waals surface area contributed by atoms with E-state index < -0.39 is 0 Å². The summed E-state index contributed by atoms with van der Waals surface area (Å²) in [4.78, 5) is 16.4. The Morgan fingerprint density at radius 2 is 2.35 bits per heavy atom. The van der Waals surface area contributed by atoms with Crippen LogP contribution in [0.1, 0.15) is 10.6 Å². The van der Waals surface area contributed by atoms with Crippen molar-refractivity contribution in [2.45, 2.75) is 12.1 Å². The molecule has 1 amide bonds. The molecule has 2 saturated heterocycles. The number of fused-ring (bicyclic) bond motifs is 1. The van der Waals surface area contributed by atoms with Gasteiger partial charge in [-0.1, -0.05) is 0 Å². The quantitative estimate of drug-likeness (QED) is 0.709. The van der Waals surface area contributed by atoms with Crippen LogP contribution in [0.25, 0.3) is 0 Å². The molecular formula is C12H16N2O3. The molecule has 0 aliphatic carbocycles. The standard InChI is InChI=1S/C12H16N2O3/c1-13-7-9-11(8-13)17-6-4-14(9)12(15)10-3-2-5-16-10/h2-3,5,9,11H,4,6-8H2,1H3/t9-,11+/m1/s1. The van der Waals surface area contributed by atoms with Crippen LogP contribution in [-0.4, -0.2) is 61.1 Å². The van der Waals surface area contributed by atoms with Crippen LogP contribution in [0, 0.1) is 0 Å². The number of hydrogen-bond donors (Lipinski definition) is 0. The monoisotopic (exact) mass is 236 g/mol.